The lowest BCUT2D eigenvalue weighted by Crippen LogP contribution is -2.30. The van der Waals surface area contributed by atoms with Crippen LogP contribution in [0.1, 0.15) is 17.8 Å². The molecule has 5 nitrogen and oxygen atoms in total. The highest BCUT2D eigenvalue weighted by Crippen LogP contribution is 2.38. The molecule has 0 spiro atoms. The van der Waals surface area contributed by atoms with Crippen molar-refractivity contribution in [1.82, 2.24) is 9.55 Å². The minimum Gasteiger partial charge on any atom is -0.394 e. The Balaban J connectivity index is 1.84. The highest BCUT2D eigenvalue weighted by Gasteiger charge is 2.42. The molecule has 1 fully saturated rings. The molecule has 0 radical (unpaired) electrons. The smallest absolute Gasteiger partial charge is 0.195 e. The van der Waals surface area contributed by atoms with Gasteiger partial charge in [-0.3, -0.25) is 0 Å². The first-order chi connectivity index (χ1) is 10.6. The SMILES string of the molecule is Cn1ccnc1CC[C@@]1(c2ccc(Cl)cc2)OC[C@@H](CO)O1. The van der Waals surface area contributed by atoms with E-state index < -0.39 is 5.79 Å². The maximum Gasteiger partial charge on any atom is 0.195 e. The van der Waals surface area contributed by atoms with E-state index in [-0.39, 0.29) is 12.7 Å². The Morgan fingerprint density at radius 2 is 2.18 bits per heavy atom. The van der Waals surface area contributed by atoms with Crippen LogP contribution in [0, 0.1) is 0 Å². The molecule has 0 saturated carbocycles. The van der Waals surface area contributed by atoms with Crippen molar-refractivity contribution in [1.29, 1.82) is 0 Å². The zero-order valence-electron chi connectivity index (χ0n) is 12.4. The molecule has 2 aromatic rings. The third-order valence-corrected chi connectivity index (χ3v) is 4.20. The number of rotatable bonds is 5. The van der Waals surface area contributed by atoms with Gasteiger partial charge in [0, 0.05) is 42.9 Å². The Morgan fingerprint density at radius 1 is 1.41 bits per heavy atom. The second-order valence-electron chi connectivity index (χ2n) is 5.45. The van der Waals surface area contributed by atoms with Crippen LogP contribution < -0.4 is 0 Å². The molecule has 0 aliphatic carbocycles. The van der Waals surface area contributed by atoms with E-state index in [4.69, 9.17) is 21.1 Å². The maximum atomic E-state index is 9.34. The van der Waals surface area contributed by atoms with Crippen LogP contribution in [0.15, 0.2) is 36.7 Å². The summed E-state index contributed by atoms with van der Waals surface area (Å²) < 4.78 is 13.9. The molecule has 6 heteroatoms. The number of aromatic nitrogens is 2. The van der Waals surface area contributed by atoms with Gasteiger partial charge in [0.15, 0.2) is 5.79 Å². The Kier molecular flexibility index (Phi) is 4.49. The van der Waals surface area contributed by atoms with Crippen molar-refractivity contribution in [2.75, 3.05) is 13.2 Å². The zero-order chi connectivity index (χ0) is 15.6. The maximum absolute atomic E-state index is 9.34. The van der Waals surface area contributed by atoms with Gasteiger partial charge in [-0.15, -0.1) is 0 Å². The van der Waals surface area contributed by atoms with Crippen molar-refractivity contribution < 1.29 is 14.6 Å². The molecule has 0 bridgehead atoms. The molecule has 22 heavy (non-hydrogen) atoms. The number of aryl methyl sites for hydroxylation is 2. The average molecular weight is 323 g/mol. The lowest BCUT2D eigenvalue weighted by molar-refractivity contribution is -0.184. The number of ether oxygens (including phenoxy) is 2. The van der Waals surface area contributed by atoms with Gasteiger partial charge in [0.25, 0.3) is 0 Å². The van der Waals surface area contributed by atoms with Gasteiger partial charge in [-0.1, -0.05) is 23.7 Å². The molecule has 1 aliphatic heterocycles. The third-order valence-electron chi connectivity index (χ3n) is 3.95. The normalized spacial score (nSPS) is 24.8. The van der Waals surface area contributed by atoms with Crippen molar-refractivity contribution in [3.63, 3.8) is 0 Å². The molecule has 1 aliphatic rings. The fraction of sp³-hybridized carbons (Fsp3) is 0.438. The van der Waals surface area contributed by atoms with Crippen LogP contribution in [0.3, 0.4) is 0 Å². The number of aliphatic hydroxyl groups excluding tert-OH is 1. The quantitative estimate of drug-likeness (QED) is 0.917. The van der Waals surface area contributed by atoms with E-state index in [0.717, 1.165) is 11.4 Å². The third kappa shape index (κ3) is 3.03. The van der Waals surface area contributed by atoms with Crippen molar-refractivity contribution in [2.24, 2.45) is 7.05 Å². The number of halogens is 1. The number of hydrogen-bond donors (Lipinski definition) is 1. The van der Waals surface area contributed by atoms with Crippen LogP contribution in [0.2, 0.25) is 5.02 Å². The summed E-state index contributed by atoms with van der Waals surface area (Å²) in [6.45, 7) is 0.317. The molecule has 1 aromatic carbocycles. The van der Waals surface area contributed by atoms with Crippen LogP contribution >= 0.6 is 11.6 Å². The molecule has 2 atom stereocenters. The van der Waals surface area contributed by atoms with Gasteiger partial charge in [-0.2, -0.15) is 0 Å². The van der Waals surface area contributed by atoms with E-state index in [1.165, 1.54) is 0 Å². The van der Waals surface area contributed by atoms with E-state index in [2.05, 4.69) is 4.98 Å². The van der Waals surface area contributed by atoms with Gasteiger partial charge in [0.2, 0.25) is 0 Å². The first kappa shape index (κ1) is 15.5. The molecule has 0 amide bonds. The molecular formula is C16H19ClN2O3. The zero-order valence-corrected chi connectivity index (χ0v) is 13.2. The fourth-order valence-corrected chi connectivity index (χ4v) is 2.83. The minimum absolute atomic E-state index is 0.0578. The Labute approximate surface area is 134 Å². The lowest BCUT2D eigenvalue weighted by Gasteiger charge is -2.28. The fourth-order valence-electron chi connectivity index (χ4n) is 2.70. The average Bonchev–Trinajstić information content (AvgIpc) is 3.13. The molecule has 118 valence electrons. The van der Waals surface area contributed by atoms with E-state index >= 15 is 0 Å². The van der Waals surface area contributed by atoms with Crippen molar-refractivity contribution >= 4 is 11.6 Å². The van der Waals surface area contributed by atoms with Gasteiger partial charge in [-0.05, 0) is 12.1 Å². The number of imidazole rings is 1. The van der Waals surface area contributed by atoms with E-state index in [0.29, 0.717) is 24.5 Å². The van der Waals surface area contributed by atoms with Gasteiger partial charge in [0.05, 0.1) is 13.2 Å². The van der Waals surface area contributed by atoms with Gasteiger partial charge < -0.3 is 19.1 Å². The summed E-state index contributed by atoms with van der Waals surface area (Å²) in [5.74, 6) is 0.109. The monoisotopic (exact) mass is 322 g/mol. The van der Waals surface area contributed by atoms with Crippen LogP contribution in [0.25, 0.3) is 0 Å². The predicted octanol–water partition coefficient (Wildman–Crippen LogP) is 2.27. The van der Waals surface area contributed by atoms with Crippen molar-refractivity contribution in [3.05, 3.63) is 53.1 Å². The Morgan fingerprint density at radius 3 is 2.77 bits per heavy atom. The van der Waals surface area contributed by atoms with Crippen LogP contribution in [-0.4, -0.2) is 34.0 Å². The van der Waals surface area contributed by atoms with Gasteiger partial charge in [0.1, 0.15) is 11.9 Å². The second-order valence-corrected chi connectivity index (χ2v) is 5.88. The standard InChI is InChI=1S/C16H19ClN2O3/c1-19-9-8-18-15(19)6-7-16(21-11-14(10-20)22-16)12-2-4-13(17)5-3-12/h2-5,8-9,14,20H,6-7,10-11H2,1H3/t14-,16-/m1/s1. The molecule has 1 saturated heterocycles. The van der Waals surface area contributed by atoms with E-state index in [1.807, 2.05) is 42.1 Å². The Bertz CT molecular complexity index is 629. The molecule has 3 rings (SSSR count). The first-order valence-corrected chi connectivity index (χ1v) is 7.65. The van der Waals surface area contributed by atoms with Crippen molar-refractivity contribution in [3.8, 4) is 0 Å². The highest BCUT2D eigenvalue weighted by molar-refractivity contribution is 6.30. The molecule has 0 unspecified atom stereocenters. The van der Waals surface area contributed by atoms with E-state index in [9.17, 15) is 5.11 Å². The van der Waals surface area contributed by atoms with Crippen LogP contribution in [-0.2, 0) is 28.7 Å². The summed E-state index contributed by atoms with van der Waals surface area (Å²) in [5.41, 5.74) is 0.905. The summed E-state index contributed by atoms with van der Waals surface area (Å²) in [6.07, 6.45) is 4.71. The molecule has 2 heterocycles. The molecule has 1 aromatic heterocycles. The first-order valence-electron chi connectivity index (χ1n) is 7.28. The number of benzene rings is 1. The molecule has 1 N–H and O–H groups in total. The van der Waals surface area contributed by atoms with Crippen LogP contribution in [0.5, 0.6) is 0 Å². The number of nitrogens with zero attached hydrogens (tertiary/aromatic N) is 2. The summed E-state index contributed by atoms with van der Waals surface area (Å²) >= 11 is 5.96. The van der Waals surface area contributed by atoms with Gasteiger partial charge >= 0.3 is 0 Å². The Hall–Kier alpha value is -1.40. The summed E-state index contributed by atoms with van der Waals surface area (Å²) in [6, 6.07) is 7.44. The lowest BCUT2D eigenvalue weighted by atomic mass is 10.0. The highest BCUT2D eigenvalue weighted by atomic mass is 35.5. The summed E-state index contributed by atoms with van der Waals surface area (Å²) in [7, 11) is 1.96. The number of hydrogen-bond acceptors (Lipinski definition) is 4. The van der Waals surface area contributed by atoms with Crippen LogP contribution in [0.4, 0.5) is 0 Å². The van der Waals surface area contributed by atoms with Gasteiger partial charge in [-0.25, -0.2) is 4.98 Å². The minimum atomic E-state index is -0.857. The summed E-state index contributed by atoms with van der Waals surface area (Å²) in [4.78, 5) is 4.34. The predicted molar refractivity (Wildman–Crippen MR) is 82.6 cm³/mol. The number of aliphatic hydroxyl groups is 1. The summed E-state index contributed by atoms with van der Waals surface area (Å²) in [5, 5.41) is 10.0. The van der Waals surface area contributed by atoms with Crippen molar-refractivity contribution in [2.45, 2.75) is 24.7 Å². The second kappa shape index (κ2) is 6.38. The largest absolute Gasteiger partial charge is 0.394 e. The van der Waals surface area contributed by atoms with E-state index in [1.54, 1.807) is 6.20 Å². The molecular weight excluding hydrogens is 304 g/mol. The topological polar surface area (TPSA) is 56.5 Å².